The van der Waals surface area contributed by atoms with Gasteiger partial charge in [0.2, 0.25) is 5.91 Å². The van der Waals surface area contributed by atoms with Crippen molar-refractivity contribution in [3.05, 3.63) is 45.1 Å². The Morgan fingerprint density at radius 3 is 2.91 bits per heavy atom. The van der Waals surface area contributed by atoms with Crippen LogP contribution in [0.25, 0.3) is 10.9 Å². The monoisotopic (exact) mass is 318 g/mol. The van der Waals surface area contributed by atoms with Crippen LogP contribution in [0.1, 0.15) is 0 Å². The van der Waals surface area contributed by atoms with Gasteiger partial charge in [-0.1, -0.05) is 23.9 Å². The molecule has 2 aromatic rings. The van der Waals surface area contributed by atoms with Gasteiger partial charge in [0.05, 0.1) is 17.4 Å². The predicted molar refractivity (Wildman–Crippen MR) is 86.4 cm³/mol. The van der Waals surface area contributed by atoms with Gasteiger partial charge < -0.3 is 4.98 Å². The van der Waals surface area contributed by atoms with E-state index in [9.17, 15) is 14.4 Å². The topological polar surface area (TPSA) is 87.5 Å². The van der Waals surface area contributed by atoms with Crippen molar-refractivity contribution in [2.75, 3.05) is 19.3 Å². The number of nitrogens with one attached hydrogen (secondary N) is 1. The highest BCUT2D eigenvalue weighted by atomic mass is 32.2. The molecule has 22 heavy (non-hydrogen) atoms. The molecule has 114 valence electrons. The number of hydrogen-bond donors (Lipinski definition) is 1. The van der Waals surface area contributed by atoms with Crippen LogP contribution < -0.4 is 11.2 Å². The molecule has 1 aromatic heterocycles. The summed E-state index contributed by atoms with van der Waals surface area (Å²) in [6, 6.07) is 6.73. The molecular weight excluding hydrogens is 304 g/mol. The van der Waals surface area contributed by atoms with E-state index in [4.69, 9.17) is 0 Å². The molecule has 0 fully saturated rings. The van der Waals surface area contributed by atoms with Gasteiger partial charge in [-0.2, -0.15) is 0 Å². The van der Waals surface area contributed by atoms with Crippen LogP contribution in [0, 0.1) is 0 Å². The first-order chi connectivity index (χ1) is 10.6. The lowest BCUT2D eigenvalue weighted by Crippen LogP contribution is -2.42. The zero-order chi connectivity index (χ0) is 15.7. The van der Waals surface area contributed by atoms with E-state index in [-0.39, 0.29) is 12.5 Å². The van der Waals surface area contributed by atoms with Crippen LogP contribution in [0.3, 0.4) is 0 Å². The summed E-state index contributed by atoms with van der Waals surface area (Å²) in [6.07, 6.45) is 1.83. The Hall–Kier alpha value is -2.35. The number of para-hydroxylation sites is 1. The van der Waals surface area contributed by atoms with Crippen molar-refractivity contribution in [2.24, 2.45) is 4.99 Å². The maximum absolute atomic E-state index is 12.4. The number of rotatable bonds is 2. The van der Waals surface area contributed by atoms with Gasteiger partial charge in [-0.25, -0.2) is 4.79 Å². The summed E-state index contributed by atoms with van der Waals surface area (Å²) in [5, 5.41) is 1.00. The van der Waals surface area contributed by atoms with Gasteiger partial charge in [-0.05, 0) is 18.4 Å². The molecule has 1 amide bonds. The van der Waals surface area contributed by atoms with E-state index in [1.807, 2.05) is 6.26 Å². The number of nitrogens with zero attached hydrogens (tertiary/aromatic N) is 3. The van der Waals surface area contributed by atoms with Crippen LogP contribution in [-0.4, -0.2) is 44.9 Å². The summed E-state index contributed by atoms with van der Waals surface area (Å²) >= 11 is 1.37. The minimum Gasteiger partial charge on any atom is -0.307 e. The highest BCUT2D eigenvalue weighted by molar-refractivity contribution is 8.13. The Kier molecular flexibility index (Phi) is 3.84. The van der Waals surface area contributed by atoms with Crippen molar-refractivity contribution in [3.8, 4) is 0 Å². The fourth-order valence-electron chi connectivity index (χ4n) is 2.40. The van der Waals surface area contributed by atoms with E-state index in [1.54, 1.807) is 24.3 Å². The predicted octanol–water partition coefficient (Wildman–Crippen LogP) is 0.251. The van der Waals surface area contributed by atoms with Gasteiger partial charge in [0.1, 0.15) is 6.54 Å². The Morgan fingerprint density at radius 2 is 2.14 bits per heavy atom. The van der Waals surface area contributed by atoms with E-state index in [2.05, 4.69) is 9.98 Å². The molecule has 1 aliphatic heterocycles. The SMILES string of the molecule is CSC1=NCCN1C(=O)Cn1c(=O)[nH]c2ccccc2c1=O. The van der Waals surface area contributed by atoms with Gasteiger partial charge >= 0.3 is 5.69 Å². The number of fused-ring (bicyclic) bond motifs is 1. The van der Waals surface area contributed by atoms with Crippen molar-refractivity contribution in [1.82, 2.24) is 14.5 Å². The van der Waals surface area contributed by atoms with Gasteiger partial charge in [0.25, 0.3) is 5.56 Å². The van der Waals surface area contributed by atoms with E-state index >= 15 is 0 Å². The number of carbonyl (C=O) groups is 1. The van der Waals surface area contributed by atoms with Crippen molar-refractivity contribution >= 4 is 33.7 Å². The molecule has 0 saturated carbocycles. The van der Waals surface area contributed by atoms with E-state index in [0.717, 1.165) is 4.57 Å². The molecule has 0 atom stereocenters. The fourth-order valence-corrected chi connectivity index (χ4v) is 3.03. The minimum absolute atomic E-state index is 0.293. The molecule has 1 N–H and O–H groups in total. The summed E-state index contributed by atoms with van der Waals surface area (Å²) in [4.78, 5) is 45.1. The average molecular weight is 318 g/mol. The summed E-state index contributed by atoms with van der Waals surface area (Å²) in [5.41, 5.74) is -0.581. The largest absolute Gasteiger partial charge is 0.329 e. The first-order valence-corrected chi connectivity index (χ1v) is 7.95. The molecule has 0 bridgehead atoms. The van der Waals surface area contributed by atoms with E-state index in [0.29, 0.717) is 29.2 Å². The second-order valence-electron chi connectivity index (χ2n) is 4.78. The summed E-state index contributed by atoms with van der Waals surface area (Å²) in [5.74, 6) is -0.312. The number of amidine groups is 1. The zero-order valence-electron chi connectivity index (χ0n) is 11.9. The molecule has 2 heterocycles. The van der Waals surface area contributed by atoms with Gasteiger partial charge in [0, 0.05) is 6.54 Å². The lowest BCUT2D eigenvalue weighted by Gasteiger charge is -2.17. The van der Waals surface area contributed by atoms with Crippen molar-refractivity contribution in [3.63, 3.8) is 0 Å². The smallest absolute Gasteiger partial charge is 0.307 e. The molecule has 0 saturated heterocycles. The highest BCUT2D eigenvalue weighted by Crippen LogP contribution is 2.12. The van der Waals surface area contributed by atoms with Crippen molar-refractivity contribution in [2.45, 2.75) is 6.54 Å². The molecule has 0 spiro atoms. The Balaban J connectivity index is 1.98. The molecule has 0 aliphatic carbocycles. The Morgan fingerprint density at radius 1 is 1.36 bits per heavy atom. The maximum Gasteiger partial charge on any atom is 0.329 e. The van der Waals surface area contributed by atoms with E-state index in [1.165, 1.54) is 16.7 Å². The van der Waals surface area contributed by atoms with Crippen LogP contribution in [-0.2, 0) is 11.3 Å². The van der Waals surface area contributed by atoms with Gasteiger partial charge in [-0.3, -0.25) is 24.0 Å². The van der Waals surface area contributed by atoms with Crippen molar-refractivity contribution in [1.29, 1.82) is 0 Å². The summed E-state index contributed by atoms with van der Waals surface area (Å²) in [6.45, 7) is 0.735. The third-order valence-electron chi connectivity index (χ3n) is 3.47. The quantitative estimate of drug-likeness (QED) is 0.860. The highest BCUT2D eigenvalue weighted by Gasteiger charge is 2.24. The Labute approximate surface area is 129 Å². The van der Waals surface area contributed by atoms with Gasteiger partial charge in [-0.15, -0.1) is 0 Å². The lowest BCUT2D eigenvalue weighted by atomic mass is 10.2. The third-order valence-corrected chi connectivity index (χ3v) is 4.18. The third kappa shape index (κ3) is 2.45. The number of aromatic amines is 1. The molecule has 0 radical (unpaired) electrons. The Bertz CT molecular complexity index is 884. The van der Waals surface area contributed by atoms with Crippen LogP contribution in [0.4, 0.5) is 0 Å². The number of aromatic nitrogens is 2. The zero-order valence-corrected chi connectivity index (χ0v) is 12.7. The van der Waals surface area contributed by atoms with Crippen LogP contribution in [0.15, 0.2) is 38.8 Å². The van der Waals surface area contributed by atoms with Crippen molar-refractivity contribution < 1.29 is 4.79 Å². The standard InChI is InChI=1S/C14H14N4O3S/c1-22-14-15-6-7-17(14)11(19)8-18-12(20)9-4-2-3-5-10(9)16-13(18)21/h2-5H,6-8H2,1H3,(H,16,21). The molecule has 3 rings (SSSR count). The van der Waals surface area contributed by atoms with Crippen LogP contribution in [0.2, 0.25) is 0 Å². The van der Waals surface area contributed by atoms with Crippen LogP contribution >= 0.6 is 11.8 Å². The minimum atomic E-state index is -0.584. The molecule has 7 nitrogen and oxygen atoms in total. The fraction of sp³-hybridized carbons (Fsp3) is 0.286. The summed E-state index contributed by atoms with van der Waals surface area (Å²) in [7, 11) is 0. The number of aliphatic imine (C=N–C) groups is 1. The van der Waals surface area contributed by atoms with Crippen LogP contribution in [0.5, 0.6) is 0 Å². The maximum atomic E-state index is 12.4. The average Bonchev–Trinajstić information content (AvgIpc) is 3.00. The molecular formula is C14H14N4O3S. The number of amides is 1. The van der Waals surface area contributed by atoms with Gasteiger partial charge in [0.15, 0.2) is 5.17 Å². The van der Waals surface area contributed by atoms with E-state index < -0.39 is 11.2 Å². The molecule has 1 aliphatic rings. The molecule has 1 aromatic carbocycles. The first-order valence-electron chi connectivity index (χ1n) is 6.72. The number of carbonyl (C=O) groups excluding carboxylic acids is 1. The number of benzene rings is 1. The second-order valence-corrected chi connectivity index (χ2v) is 5.55. The summed E-state index contributed by atoms with van der Waals surface area (Å²) < 4.78 is 0.931. The second kappa shape index (κ2) is 5.80. The first kappa shape index (κ1) is 14.6. The molecule has 8 heteroatoms. The lowest BCUT2D eigenvalue weighted by molar-refractivity contribution is -0.127. The number of thioether (sulfide) groups is 1. The molecule has 0 unspecified atom stereocenters. The number of H-pyrrole nitrogens is 1. The number of hydrogen-bond acceptors (Lipinski definition) is 5. The normalized spacial score (nSPS) is 14.4.